The fraction of sp³-hybridized carbons (Fsp3) is 0.438. The Kier molecular flexibility index (Phi) is 6.72. The normalized spacial score (nSPS) is 12.9. The first-order valence-corrected chi connectivity index (χ1v) is 7.35. The van der Waals surface area contributed by atoms with Gasteiger partial charge in [-0.05, 0) is 46.2 Å². The summed E-state index contributed by atoms with van der Waals surface area (Å²) < 4.78 is 0. The molecule has 21 heavy (non-hydrogen) atoms. The van der Waals surface area contributed by atoms with Crippen molar-refractivity contribution < 1.29 is 9.90 Å². The van der Waals surface area contributed by atoms with Gasteiger partial charge >= 0.3 is 5.97 Å². The molecule has 0 amide bonds. The molecule has 0 bridgehead atoms. The molecule has 0 fully saturated rings. The zero-order chi connectivity index (χ0) is 16.0. The van der Waals surface area contributed by atoms with Crippen LogP contribution in [-0.4, -0.2) is 49.2 Å². The van der Waals surface area contributed by atoms with Crippen LogP contribution >= 0.6 is 11.6 Å². The van der Waals surface area contributed by atoms with Gasteiger partial charge in [0.25, 0.3) is 0 Å². The van der Waals surface area contributed by atoms with Crippen molar-refractivity contribution in [3.8, 4) is 0 Å². The van der Waals surface area contributed by atoms with Crippen LogP contribution < -0.4 is 4.90 Å². The van der Waals surface area contributed by atoms with Gasteiger partial charge in [-0.3, -0.25) is 0 Å². The zero-order valence-electron chi connectivity index (χ0n) is 13.0. The van der Waals surface area contributed by atoms with Crippen molar-refractivity contribution in [2.45, 2.75) is 19.9 Å². The predicted molar refractivity (Wildman–Crippen MR) is 89.2 cm³/mol. The van der Waals surface area contributed by atoms with E-state index in [1.165, 1.54) is 0 Å². The van der Waals surface area contributed by atoms with E-state index in [2.05, 4.69) is 23.6 Å². The molecule has 1 atom stereocenters. The van der Waals surface area contributed by atoms with Crippen LogP contribution in [0.15, 0.2) is 24.3 Å². The van der Waals surface area contributed by atoms with E-state index in [1.807, 2.05) is 26.2 Å². The lowest BCUT2D eigenvalue weighted by Gasteiger charge is -2.33. The first kappa shape index (κ1) is 17.5. The molecule has 1 aromatic carbocycles. The molecule has 0 saturated heterocycles. The summed E-state index contributed by atoms with van der Waals surface area (Å²) in [6, 6.07) is 5.93. The van der Waals surface area contributed by atoms with E-state index in [-0.39, 0.29) is 0 Å². The summed E-state index contributed by atoms with van der Waals surface area (Å²) >= 11 is 6.24. The van der Waals surface area contributed by atoms with E-state index in [4.69, 9.17) is 16.7 Å². The molecule has 0 spiro atoms. The van der Waals surface area contributed by atoms with E-state index >= 15 is 0 Å². The van der Waals surface area contributed by atoms with E-state index in [0.29, 0.717) is 11.1 Å². The zero-order valence-corrected chi connectivity index (χ0v) is 13.8. The van der Waals surface area contributed by atoms with E-state index in [1.54, 1.807) is 12.1 Å². The second-order valence-corrected chi connectivity index (χ2v) is 5.65. The van der Waals surface area contributed by atoms with E-state index < -0.39 is 5.97 Å². The van der Waals surface area contributed by atoms with Gasteiger partial charge in [-0.1, -0.05) is 17.7 Å². The van der Waals surface area contributed by atoms with Gasteiger partial charge in [-0.25, -0.2) is 4.79 Å². The number of halogens is 1. The number of carbonyl (C=O) groups is 1. The summed E-state index contributed by atoms with van der Waals surface area (Å²) in [7, 11) is 4.07. The Balaban J connectivity index is 3.20. The highest BCUT2D eigenvalue weighted by Crippen LogP contribution is 2.30. The Morgan fingerprint density at radius 2 is 2.10 bits per heavy atom. The van der Waals surface area contributed by atoms with Gasteiger partial charge in [0, 0.05) is 41.5 Å². The molecule has 0 aliphatic rings. The maximum atomic E-state index is 10.8. The Bertz CT molecular complexity index is 515. The molecule has 1 aromatic rings. The molecule has 1 N–H and O–H groups in total. The van der Waals surface area contributed by atoms with Crippen molar-refractivity contribution >= 4 is 29.3 Å². The first-order valence-electron chi connectivity index (χ1n) is 6.97. The van der Waals surface area contributed by atoms with Gasteiger partial charge in [0.05, 0.1) is 0 Å². The summed E-state index contributed by atoms with van der Waals surface area (Å²) in [5.41, 5.74) is 1.70. The largest absolute Gasteiger partial charge is 0.478 e. The van der Waals surface area contributed by atoms with Gasteiger partial charge in [-0.15, -0.1) is 0 Å². The summed E-state index contributed by atoms with van der Waals surface area (Å²) in [5, 5.41) is 9.39. The van der Waals surface area contributed by atoms with Crippen LogP contribution in [0.1, 0.15) is 19.4 Å². The highest BCUT2D eigenvalue weighted by Gasteiger charge is 2.17. The molecule has 0 saturated carbocycles. The van der Waals surface area contributed by atoms with Crippen molar-refractivity contribution in [2.75, 3.05) is 32.1 Å². The monoisotopic (exact) mass is 310 g/mol. The number of anilines is 1. The molecule has 1 rings (SSSR count). The van der Waals surface area contributed by atoms with Gasteiger partial charge in [0.2, 0.25) is 0 Å². The minimum absolute atomic E-state index is 0.292. The van der Waals surface area contributed by atoms with Crippen LogP contribution in [0.3, 0.4) is 0 Å². The Hall–Kier alpha value is -1.52. The number of hydrogen-bond acceptors (Lipinski definition) is 3. The topological polar surface area (TPSA) is 43.8 Å². The van der Waals surface area contributed by atoms with Crippen LogP contribution in [0.2, 0.25) is 5.02 Å². The van der Waals surface area contributed by atoms with Crippen molar-refractivity contribution in [3.05, 3.63) is 34.9 Å². The third-order valence-corrected chi connectivity index (χ3v) is 3.56. The summed E-state index contributed by atoms with van der Waals surface area (Å²) in [4.78, 5) is 15.1. The minimum Gasteiger partial charge on any atom is -0.478 e. The lowest BCUT2D eigenvalue weighted by Crippen LogP contribution is -2.40. The second-order valence-electron chi connectivity index (χ2n) is 5.24. The summed E-state index contributed by atoms with van der Waals surface area (Å²) in [6.45, 7) is 5.96. The van der Waals surface area contributed by atoms with Crippen molar-refractivity contribution in [2.24, 2.45) is 0 Å². The second kappa shape index (κ2) is 8.05. The predicted octanol–water partition coefficient (Wildman–Crippen LogP) is 3.21. The molecule has 0 aromatic heterocycles. The Labute approximate surface area is 131 Å². The maximum Gasteiger partial charge on any atom is 0.328 e. The Morgan fingerprint density at radius 1 is 1.43 bits per heavy atom. The number of benzene rings is 1. The van der Waals surface area contributed by atoms with E-state index in [0.717, 1.165) is 30.4 Å². The molecule has 0 radical (unpaired) electrons. The smallest absolute Gasteiger partial charge is 0.328 e. The van der Waals surface area contributed by atoms with Gasteiger partial charge in [0.15, 0.2) is 0 Å². The van der Waals surface area contributed by atoms with Crippen LogP contribution in [0, 0.1) is 0 Å². The molecule has 1 unspecified atom stereocenters. The van der Waals surface area contributed by atoms with Gasteiger partial charge in [0.1, 0.15) is 0 Å². The van der Waals surface area contributed by atoms with Crippen LogP contribution in [0.25, 0.3) is 6.08 Å². The number of carboxylic acid groups (broad SMARTS) is 1. The third kappa shape index (κ3) is 5.06. The van der Waals surface area contributed by atoms with E-state index in [9.17, 15) is 4.79 Å². The summed E-state index contributed by atoms with van der Waals surface area (Å²) in [6.07, 6.45) is 2.68. The average Bonchev–Trinajstić information content (AvgIpc) is 2.37. The number of rotatable bonds is 7. The van der Waals surface area contributed by atoms with Crippen molar-refractivity contribution in [1.29, 1.82) is 0 Å². The number of carboxylic acids is 1. The summed E-state index contributed by atoms with van der Waals surface area (Å²) in [5.74, 6) is -0.981. The molecule has 5 heteroatoms. The fourth-order valence-corrected chi connectivity index (χ4v) is 2.67. The van der Waals surface area contributed by atoms with Crippen molar-refractivity contribution in [1.82, 2.24) is 4.90 Å². The fourth-order valence-electron chi connectivity index (χ4n) is 2.44. The lowest BCUT2D eigenvalue weighted by atomic mass is 10.1. The average molecular weight is 311 g/mol. The molecule has 4 nitrogen and oxygen atoms in total. The van der Waals surface area contributed by atoms with Crippen molar-refractivity contribution in [3.63, 3.8) is 0 Å². The maximum absolute atomic E-state index is 10.8. The van der Waals surface area contributed by atoms with Crippen LogP contribution in [-0.2, 0) is 4.79 Å². The number of aliphatic carboxylic acids is 1. The number of nitrogens with zero attached hydrogens (tertiary/aromatic N) is 2. The highest BCUT2D eigenvalue weighted by molar-refractivity contribution is 6.32. The highest BCUT2D eigenvalue weighted by atomic mass is 35.5. The molecule has 0 heterocycles. The molecular formula is C16H23ClN2O2. The quantitative estimate of drug-likeness (QED) is 0.785. The van der Waals surface area contributed by atoms with Gasteiger partial charge in [-0.2, -0.15) is 0 Å². The standard InChI is InChI=1S/C16H23ClN2O2/c1-5-19(12(2)11-18(3)4)15-8-6-7-14(17)13(15)9-10-16(20)21/h6-10,12H,5,11H2,1-4H3,(H,20,21)/b10-9+. The lowest BCUT2D eigenvalue weighted by molar-refractivity contribution is -0.131. The van der Waals surface area contributed by atoms with Crippen LogP contribution in [0.4, 0.5) is 5.69 Å². The molecule has 0 aliphatic heterocycles. The van der Waals surface area contributed by atoms with Crippen LogP contribution in [0.5, 0.6) is 0 Å². The molecule has 116 valence electrons. The Morgan fingerprint density at radius 3 is 2.62 bits per heavy atom. The first-order chi connectivity index (χ1) is 9.86. The van der Waals surface area contributed by atoms with Gasteiger partial charge < -0.3 is 14.9 Å². The SMILES string of the molecule is CCN(c1cccc(Cl)c1/C=C/C(=O)O)C(C)CN(C)C. The molecular weight excluding hydrogens is 288 g/mol. The minimum atomic E-state index is -0.981. The molecule has 0 aliphatic carbocycles. The number of hydrogen-bond donors (Lipinski definition) is 1. The number of likely N-dealkylation sites (N-methyl/N-ethyl adjacent to an activating group) is 2. The third-order valence-electron chi connectivity index (χ3n) is 3.23.